The monoisotopic (exact) mass is 308 g/mol. The van der Waals surface area contributed by atoms with Crippen LogP contribution < -0.4 is 10.5 Å². The Kier molecular flexibility index (Phi) is 3.47. The molecule has 1 heterocycles. The second-order valence-corrected chi connectivity index (χ2v) is 4.28. The first-order chi connectivity index (χ1) is 8.58. The van der Waals surface area contributed by atoms with Gasteiger partial charge in [-0.15, -0.1) is 0 Å². The van der Waals surface area contributed by atoms with Crippen molar-refractivity contribution in [1.82, 2.24) is 4.98 Å². The minimum atomic E-state index is -1.13. The number of aromatic nitrogens is 1. The topological polar surface area (TPSA) is 85.4 Å². The highest BCUT2D eigenvalue weighted by Crippen LogP contribution is 2.31. The number of para-hydroxylation sites is 1. The van der Waals surface area contributed by atoms with Crippen LogP contribution in [-0.4, -0.2) is 16.1 Å². The number of halogens is 1. The molecule has 0 fully saturated rings. The molecule has 18 heavy (non-hydrogen) atoms. The van der Waals surface area contributed by atoms with Crippen molar-refractivity contribution in [3.05, 3.63) is 46.6 Å². The standard InChI is InChI=1S/C12H9BrN2O3/c13-7-3-1-2-4-10(7)18-11-8(14)5-6-9(15-11)12(16)17/h1-6H,14H2,(H,16,17). The van der Waals surface area contributed by atoms with Crippen LogP contribution in [0.2, 0.25) is 0 Å². The van der Waals surface area contributed by atoms with Gasteiger partial charge in [-0.25, -0.2) is 9.78 Å². The van der Waals surface area contributed by atoms with Crippen LogP contribution in [0.3, 0.4) is 0 Å². The van der Waals surface area contributed by atoms with E-state index >= 15 is 0 Å². The van der Waals surface area contributed by atoms with Crippen LogP contribution >= 0.6 is 15.9 Å². The van der Waals surface area contributed by atoms with Gasteiger partial charge >= 0.3 is 5.97 Å². The fraction of sp³-hybridized carbons (Fsp3) is 0. The predicted octanol–water partition coefficient (Wildman–Crippen LogP) is 2.92. The zero-order chi connectivity index (χ0) is 13.1. The van der Waals surface area contributed by atoms with Crippen LogP contribution in [-0.2, 0) is 0 Å². The fourth-order valence-electron chi connectivity index (χ4n) is 1.28. The molecule has 2 rings (SSSR count). The third-order valence-corrected chi connectivity index (χ3v) is 2.81. The molecular weight excluding hydrogens is 300 g/mol. The van der Waals surface area contributed by atoms with Crippen molar-refractivity contribution in [2.75, 3.05) is 5.73 Å². The number of pyridine rings is 1. The summed E-state index contributed by atoms with van der Waals surface area (Å²) in [6, 6.07) is 9.91. The molecule has 0 spiro atoms. The molecule has 0 aliphatic rings. The van der Waals surface area contributed by atoms with Crippen molar-refractivity contribution in [2.45, 2.75) is 0 Å². The van der Waals surface area contributed by atoms with Crippen LogP contribution in [0.25, 0.3) is 0 Å². The lowest BCUT2D eigenvalue weighted by atomic mass is 10.3. The van der Waals surface area contributed by atoms with Gasteiger partial charge in [0.2, 0.25) is 5.88 Å². The quantitative estimate of drug-likeness (QED) is 0.910. The number of hydrogen-bond donors (Lipinski definition) is 2. The number of nitrogen functional groups attached to an aromatic ring is 1. The lowest BCUT2D eigenvalue weighted by molar-refractivity contribution is 0.0689. The fourth-order valence-corrected chi connectivity index (χ4v) is 1.65. The smallest absolute Gasteiger partial charge is 0.354 e. The summed E-state index contributed by atoms with van der Waals surface area (Å²) in [6.45, 7) is 0. The number of carbonyl (C=O) groups is 1. The summed E-state index contributed by atoms with van der Waals surface area (Å²) in [5, 5.41) is 8.85. The molecule has 0 radical (unpaired) electrons. The molecule has 0 bridgehead atoms. The average Bonchev–Trinajstić information content (AvgIpc) is 2.34. The zero-order valence-corrected chi connectivity index (χ0v) is 10.7. The average molecular weight is 309 g/mol. The maximum Gasteiger partial charge on any atom is 0.354 e. The molecule has 0 amide bonds. The Labute approximate surface area is 111 Å². The molecule has 6 heteroatoms. The molecule has 0 saturated carbocycles. The minimum Gasteiger partial charge on any atom is -0.477 e. The predicted molar refractivity (Wildman–Crippen MR) is 69.8 cm³/mol. The highest BCUT2D eigenvalue weighted by Gasteiger charge is 2.11. The normalized spacial score (nSPS) is 10.1. The summed E-state index contributed by atoms with van der Waals surface area (Å²) in [5.74, 6) is -0.548. The SMILES string of the molecule is Nc1ccc(C(=O)O)nc1Oc1ccccc1Br. The van der Waals surface area contributed by atoms with E-state index in [4.69, 9.17) is 15.6 Å². The van der Waals surface area contributed by atoms with Crippen LogP contribution in [0.15, 0.2) is 40.9 Å². The first kappa shape index (κ1) is 12.4. The minimum absolute atomic E-state index is 0.0711. The zero-order valence-electron chi connectivity index (χ0n) is 9.13. The molecule has 3 N–H and O–H groups in total. The number of carboxylic acid groups (broad SMARTS) is 1. The Morgan fingerprint density at radius 3 is 2.67 bits per heavy atom. The molecular formula is C12H9BrN2O3. The molecule has 0 aliphatic carbocycles. The molecule has 92 valence electrons. The molecule has 0 saturated heterocycles. The third kappa shape index (κ3) is 2.60. The first-order valence-corrected chi connectivity index (χ1v) is 5.79. The Balaban J connectivity index is 2.37. The van der Waals surface area contributed by atoms with Gasteiger partial charge in [0.25, 0.3) is 0 Å². The molecule has 5 nitrogen and oxygen atoms in total. The maximum absolute atomic E-state index is 10.8. The number of nitrogens with zero attached hydrogens (tertiary/aromatic N) is 1. The summed E-state index contributed by atoms with van der Waals surface area (Å²) in [5.41, 5.74) is 5.85. The largest absolute Gasteiger partial charge is 0.477 e. The summed E-state index contributed by atoms with van der Waals surface area (Å²) in [4.78, 5) is 14.7. The van der Waals surface area contributed by atoms with E-state index in [1.54, 1.807) is 18.2 Å². The number of anilines is 1. The van der Waals surface area contributed by atoms with Crippen molar-refractivity contribution in [3.63, 3.8) is 0 Å². The van der Waals surface area contributed by atoms with E-state index in [9.17, 15) is 4.79 Å². The van der Waals surface area contributed by atoms with Gasteiger partial charge in [0.15, 0.2) is 5.69 Å². The molecule has 1 aromatic heterocycles. The van der Waals surface area contributed by atoms with Gasteiger partial charge in [0, 0.05) is 0 Å². The van der Waals surface area contributed by atoms with Gasteiger partial charge in [-0.05, 0) is 40.2 Å². The van der Waals surface area contributed by atoms with Crippen molar-refractivity contribution in [1.29, 1.82) is 0 Å². The number of hydrogen-bond acceptors (Lipinski definition) is 4. The lowest BCUT2D eigenvalue weighted by Gasteiger charge is -2.09. The van der Waals surface area contributed by atoms with Crippen molar-refractivity contribution in [3.8, 4) is 11.6 Å². The third-order valence-electron chi connectivity index (χ3n) is 2.15. The van der Waals surface area contributed by atoms with Crippen LogP contribution in [0, 0.1) is 0 Å². The van der Waals surface area contributed by atoms with Crippen LogP contribution in [0.5, 0.6) is 11.6 Å². The van der Waals surface area contributed by atoms with Crippen molar-refractivity contribution >= 4 is 27.6 Å². The Hall–Kier alpha value is -2.08. The van der Waals surface area contributed by atoms with Crippen LogP contribution in [0.4, 0.5) is 5.69 Å². The molecule has 1 aromatic carbocycles. The number of ether oxygens (including phenoxy) is 1. The summed E-state index contributed by atoms with van der Waals surface area (Å²) < 4.78 is 6.21. The molecule has 2 aromatic rings. The highest BCUT2D eigenvalue weighted by molar-refractivity contribution is 9.10. The first-order valence-electron chi connectivity index (χ1n) is 5.00. The Bertz CT molecular complexity index is 602. The second kappa shape index (κ2) is 5.05. The van der Waals surface area contributed by atoms with Crippen LogP contribution in [0.1, 0.15) is 10.5 Å². The van der Waals surface area contributed by atoms with Gasteiger partial charge in [0.05, 0.1) is 10.2 Å². The molecule has 0 aliphatic heterocycles. The Morgan fingerprint density at radius 2 is 2.00 bits per heavy atom. The van der Waals surface area contributed by atoms with E-state index in [0.29, 0.717) is 5.75 Å². The Morgan fingerprint density at radius 1 is 1.28 bits per heavy atom. The number of aromatic carboxylic acids is 1. The van der Waals surface area contributed by atoms with E-state index in [2.05, 4.69) is 20.9 Å². The van der Waals surface area contributed by atoms with E-state index in [0.717, 1.165) is 4.47 Å². The summed E-state index contributed by atoms with van der Waals surface area (Å²) >= 11 is 3.32. The van der Waals surface area contributed by atoms with Crippen molar-refractivity contribution < 1.29 is 14.6 Å². The van der Waals surface area contributed by atoms with Gasteiger partial charge < -0.3 is 15.6 Å². The highest BCUT2D eigenvalue weighted by atomic mass is 79.9. The van der Waals surface area contributed by atoms with Gasteiger partial charge in [-0.3, -0.25) is 0 Å². The second-order valence-electron chi connectivity index (χ2n) is 3.43. The van der Waals surface area contributed by atoms with Gasteiger partial charge in [0.1, 0.15) is 5.75 Å². The van der Waals surface area contributed by atoms with Gasteiger partial charge in [-0.1, -0.05) is 12.1 Å². The van der Waals surface area contributed by atoms with E-state index < -0.39 is 5.97 Å². The number of rotatable bonds is 3. The summed E-state index contributed by atoms with van der Waals surface area (Å²) in [6.07, 6.45) is 0. The molecule has 0 atom stereocenters. The number of benzene rings is 1. The maximum atomic E-state index is 10.8. The van der Waals surface area contributed by atoms with Gasteiger partial charge in [-0.2, -0.15) is 0 Å². The molecule has 0 unspecified atom stereocenters. The lowest BCUT2D eigenvalue weighted by Crippen LogP contribution is -2.03. The summed E-state index contributed by atoms with van der Waals surface area (Å²) in [7, 11) is 0. The number of carboxylic acids is 1. The number of nitrogens with two attached hydrogens (primary N) is 1. The van der Waals surface area contributed by atoms with Crippen molar-refractivity contribution in [2.24, 2.45) is 0 Å². The van der Waals surface area contributed by atoms with E-state index in [1.165, 1.54) is 12.1 Å². The van der Waals surface area contributed by atoms with E-state index in [-0.39, 0.29) is 17.3 Å². The van der Waals surface area contributed by atoms with E-state index in [1.807, 2.05) is 6.07 Å².